The molecule has 2 aromatic heterocycles. The van der Waals surface area contributed by atoms with Crippen molar-refractivity contribution < 1.29 is 4.79 Å². The summed E-state index contributed by atoms with van der Waals surface area (Å²) in [5, 5.41) is 7.47. The van der Waals surface area contributed by atoms with E-state index in [2.05, 4.69) is 26.6 Å². The van der Waals surface area contributed by atoms with Crippen LogP contribution in [-0.2, 0) is 13.5 Å². The number of amides is 1. The Kier molecular flexibility index (Phi) is 5.43. The third kappa shape index (κ3) is 3.87. The molecule has 1 aromatic carbocycles. The number of hydrogen-bond donors (Lipinski definition) is 2. The van der Waals surface area contributed by atoms with Gasteiger partial charge in [0.25, 0.3) is 5.91 Å². The second-order valence-electron chi connectivity index (χ2n) is 5.94. The van der Waals surface area contributed by atoms with Gasteiger partial charge in [0.1, 0.15) is 11.5 Å². The second-order valence-corrected chi connectivity index (χ2v) is 6.93. The van der Waals surface area contributed by atoms with Gasteiger partial charge < -0.3 is 10.3 Å². The van der Waals surface area contributed by atoms with Gasteiger partial charge in [-0.05, 0) is 43.0 Å². The van der Waals surface area contributed by atoms with Gasteiger partial charge in [0.05, 0.1) is 22.8 Å². The molecule has 0 bridgehead atoms. The Bertz CT molecular complexity index is 836. The van der Waals surface area contributed by atoms with E-state index in [1.165, 1.54) is 0 Å². The number of benzene rings is 1. The quantitative estimate of drug-likeness (QED) is 0.681. The van der Waals surface area contributed by atoms with Crippen LogP contribution in [0.25, 0.3) is 11.0 Å². The van der Waals surface area contributed by atoms with E-state index in [4.69, 9.17) is 0 Å². The van der Waals surface area contributed by atoms with Crippen molar-refractivity contribution in [1.29, 1.82) is 0 Å². The average molecular weight is 357 g/mol. The maximum absolute atomic E-state index is 12.7. The zero-order valence-electron chi connectivity index (χ0n) is 14.7. The van der Waals surface area contributed by atoms with Gasteiger partial charge in [0.15, 0.2) is 0 Å². The summed E-state index contributed by atoms with van der Waals surface area (Å²) in [7, 11) is 1.80. The Labute approximate surface area is 151 Å². The molecule has 6 nitrogen and oxygen atoms in total. The number of para-hydroxylation sites is 2. The molecule has 2 heterocycles. The van der Waals surface area contributed by atoms with Crippen LogP contribution in [0.4, 0.5) is 0 Å². The number of fused-ring (bicyclic) bond motifs is 1. The normalized spacial score (nSPS) is 12.4. The summed E-state index contributed by atoms with van der Waals surface area (Å²) in [5.74, 6) is 1.61. The van der Waals surface area contributed by atoms with E-state index < -0.39 is 0 Å². The molecular formula is C18H23N5OS. The lowest BCUT2D eigenvalue weighted by atomic mass is 10.2. The molecule has 2 N–H and O–H groups in total. The van der Waals surface area contributed by atoms with Gasteiger partial charge in [-0.25, -0.2) is 4.98 Å². The van der Waals surface area contributed by atoms with Crippen LogP contribution in [0, 0.1) is 0 Å². The highest BCUT2D eigenvalue weighted by Crippen LogP contribution is 2.20. The molecule has 3 rings (SSSR count). The fourth-order valence-corrected chi connectivity index (χ4v) is 3.27. The molecular weight excluding hydrogens is 334 g/mol. The minimum absolute atomic E-state index is 0.124. The van der Waals surface area contributed by atoms with Crippen LogP contribution in [-0.4, -0.2) is 37.7 Å². The SMILES string of the molecule is CCc1cc(C(=O)N[C@H](CCSC)c2nc3ccccc3[nH]2)n(C)n1. The van der Waals surface area contributed by atoms with Crippen LogP contribution in [0.3, 0.4) is 0 Å². The number of hydrogen-bond acceptors (Lipinski definition) is 4. The van der Waals surface area contributed by atoms with Gasteiger partial charge >= 0.3 is 0 Å². The van der Waals surface area contributed by atoms with Gasteiger partial charge in [-0.1, -0.05) is 19.1 Å². The first-order valence-electron chi connectivity index (χ1n) is 8.39. The first-order chi connectivity index (χ1) is 12.1. The predicted octanol–water partition coefficient (Wildman–Crippen LogP) is 3.08. The fraction of sp³-hybridized carbons (Fsp3) is 0.389. The zero-order valence-corrected chi connectivity index (χ0v) is 15.6. The number of nitrogens with one attached hydrogen (secondary N) is 2. The van der Waals surface area contributed by atoms with Crippen molar-refractivity contribution in [1.82, 2.24) is 25.1 Å². The molecule has 0 unspecified atom stereocenters. The third-order valence-electron chi connectivity index (χ3n) is 4.18. The Balaban J connectivity index is 1.84. The number of thioether (sulfide) groups is 1. The highest BCUT2D eigenvalue weighted by molar-refractivity contribution is 7.98. The number of carbonyl (C=O) groups is 1. The lowest BCUT2D eigenvalue weighted by molar-refractivity contribution is 0.0924. The molecule has 0 aliphatic heterocycles. The number of aromatic amines is 1. The minimum Gasteiger partial charge on any atom is -0.341 e. The number of nitrogens with zero attached hydrogens (tertiary/aromatic N) is 3. The summed E-state index contributed by atoms with van der Waals surface area (Å²) in [6.45, 7) is 2.03. The molecule has 0 aliphatic carbocycles. The molecule has 0 saturated carbocycles. The van der Waals surface area contributed by atoms with Crippen LogP contribution in [0.5, 0.6) is 0 Å². The Morgan fingerprint density at radius 2 is 2.20 bits per heavy atom. The fourth-order valence-electron chi connectivity index (χ4n) is 2.79. The van der Waals surface area contributed by atoms with Crippen molar-refractivity contribution in [3.63, 3.8) is 0 Å². The van der Waals surface area contributed by atoms with E-state index in [-0.39, 0.29) is 11.9 Å². The molecule has 0 saturated heterocycles. The van der Waals surface area contributed by atoms with Crippen molar-refractivity contribution in [3.8, 4) is 0 Å². The van der Waals surface area contributed by atoms with Crippen molar-refractivity contribution in [2.75, 3.05) is 12.0 Å². The van der Waals surface area contributed by atoms with Crippen LogP contribution < -0.4 is 5.32 Å². The van der Waals surface area contributed by atoms with Crippen LogP contribution in [0.1, 0.15) is 41.4 Å². The van der Waals surface area contributed by atoms with Gasteiger partial charge in [-0.15, -0.1) is 0 Å². The lowest BCUT2D eigenvalue weighted by Gasteiger charge is -2.16. The third-order valence-corrected chi connectivity index (χ3v) is 4.82. The van der Waals surface area contributed by atoms with E-state index in [9.17, 15) is 4.79 Å². The van der Waals surface area contributed by atoms with Crippen molar-refractivity contribution in [2.45, 2.75) is 25.8 Å². The topological polar surface area (TPSA) is 75.6 Å². The highest BCUT2D eigenvalue weighted by Gasteiger charge is 2.21. The van der Waals surface area contributed by atoms with Gasteiger partial charge in [0.2, 0.25) is 0 Å². The average Bonchev–Trinajstić information content (AvgIpc) is 3.21. The first kappa shape index (κ1) is 17.5. The maximum Gasteiger partial charge on any atom is 0.270 e. The smallest absolute Gasteiger partial charge is 0.270 e. The van der Waals surface area contributed by atoms with E-state index in [1.54, 1.807) is 23.5 Å². The summed E-state index contributed by atoms with van der Waals surface area (Å²) in [4.78, 5) is 20.7. The Morgan fingerprint density at radius 1 is 1.40 bits per heavy atom. The molecule has 0 radical (unpaired) electrons. The van der Waals surface area contributed by atoms with Crippen molar-refractivity contribution in [2.24, 2.45) is 7.05 Å². The summed E-state index contributed by atoms with van der Waals surface area (Å²) < 4.78 is 1.64. The molecule has 132 valence electrons. The summed E-state index contributed by atoms with van der Waals surface area (Å²) in [5.41, 5.74) is 3.38. The van der Waals surface area contributed by atoms with Gasteiger partial charge in [-0.3, -0.25) is 9.48 Å². The summed E-state index contributed by atoms with van der Waals surface area (Å²) in [6.07, 6.45) is 3.68. The Morgan fingerprint density at radius 3 is 2.88 bits per heavy atom. The molecule has 3 aromatic rings. The summed E-state index contributed by atoms with van der Waals surface area (Å²) in [6, 6.07) is 9.59. The number of imidazole rings is 1. The first-order valence-corrected chi connectivity index (χ1v) is 9.79. The van der Waals surface area contributed by atoms with Gasteiger partial charge in [-0.2, -0.15) is 16.9 Å². The second kappa shape index (κ2) is 7.74. The largest absolute Gasteiger partial charge is 0.341 e. The maximum atomic E-state index is 12.7. The zero-order chi connectivity index (χ0) is 17.8. The van der Waals surface area contributed by atoms with Crippen LogP contribution >= 0.6 is 11.8 Å². The van der Waals surface area contributed by atoms with E-state index >= 15 is 0 Å². The van der Waals surface area contributed by atoms with Crippen LogP contribution in [0.2, 0.25) is 0 Å². The number of carbonyl (C=O) groups excluding carboxylic acids is 1. The Hall–Kier alpha value is -2.28. The molecule has 1 atom stereocenters. The van der Waals surface area contributed by atoms with Crippen LogP contribution in [0.15, 0.2) is 30.3 Å². The van der Waals surface area contributed by atoms with E-state index in [0.717, 1.165) is 41.1 Å². The molecule has 0 aliphatic rings. The highest BCUT2D eigenvalue weighted by atomic mass is 32.2. The van der Waals surface area contributed by atoms with E-state index in [1.807, 2.05) is 37.3 Å². The number of aryl methyl sites for hydroxylation is 2. The number of H-pyrrole nitrogens is 1. The number of aromatic nitrogens is 4. The van der Waals surface area contributed by atoms with Crippen molar-refractivity contribution >= 4 is 28.7 Å². The lowest BCUT2D eigenvalue weighted by Crippen LogP contribution is -2.31. The van der Waals surface area contributed by atoms with Gasteiger partial charge in [0, 0.05) is 7.05 Å². The summed E-state index contributed by atoms with van der Waals surface area (Å²) >= 11 is 1.75. The number of rotatable bonds is 7. The standard InChI is InChI=1S/C18H23N5OS/c1-4-12-11-16(23(2)22-12)18(24)21-15(9-10-25-3)17-19-13-7-5-6-8-14(13)20-17/h5-8,11,15H,4,9-10H2,1-3H3,(H,19,20)(H,21,24)/t15-/m1/s1. The molecule has 7 heteroatoms. The molecule has 0 spiro atoms. The molecule has 0 fully saturated rings. The molecule has 1 amide bonds. The van der Waals surface area contributed by atoms with E-state index in [0.29, 0.717) is 5.69 Å². The van der Waals surface area contributed by atoms with Crippen molar-refractivity contribution in [3.05, 3.63) is 47.5 Å². The monoisotopic (exact) mass is 357 g/mol. The minimum atomic E-state index is -0.160. The predicted molar refractivity (Wildman–Crippen MR) is 102 cm³/mol. The molecule has 25 heavy (non-hydrogen) atoms.